The van der Waals surface area contributed by atoms with E-state index in [1.54, 1.807) is 10.9 Å². The van der Waals surface area contributed by atoms with Crippen LogP contribution in [0.3, 0.4) is 0 Å². The first-order chi connectivity index (χ1) is 13.6. The zero-order valence-electron chi connectivity index (χ0n) is 15.2. The normalized spacial score (nSPS) is 20.3. The molecular formula is C20H21N7O. The third-order valence-corrected chi connectivity index (χ3v) is 5.03. The zero-order chi connectivity index (χ0) is 19.1. The SMILES string of the molecule is NC1=NC2C=C(c3cnn(CC(=O)Nc4cccc(C5CC5)c4)c3)C=CN2N1. The molecule has 1 amide bonds. The maximum atomic E-state index is 12.4. The summed E-state index contributed by atoms with van der Waals surface area (Å²) in [4.78, 5) is 16.7. The number of amides is 1. The molecule has 4 N–H and O–H groups in total. The van der Waals surface area contributed by atoms with Crippen LogP contribution in [-0.4, -0.2) is 32.8 Å². The Balaban J connectivity index is 1.24. The number of anilines is 1. The average Bonchev–Trinajstić information content (AvgIpc) is 3.31. The highest BCUT2D eigenvalue weighted by molar-refractivity contribution is 5.90. The second kappa shape index (κ2) is 6.56. The monoisotopic (exact) mass is 375 g/mol. The molecule has 3 heterocycles. The molecule has 1 aromatic carbocycles. The lowest BCUT2D eigenvalue weighted by Gasteiger charge is -2.22. The second-order valence-corrected chi connectivity index (χ2v) is 7.26. The van der Waals surface area contributed by atoms with E-state index in [-0.39, 0.29) is 18.6 Å². The lowest BCUT2D eigenvalue weighted by atomic mass is 10.1. The van der Waals surface area contributed by atoms with Crippen LogP contribution in [0.15, 0.2) is 60.0 Å². The summed E-state index contributed by atoms with van der Waals surface area (Å²) in [6.07, 6.45) is 11.8. The number of carbonyl (C=O) groups excluding carboxylic acids is 1. The number of fused-ring (bicyclic) bond motifs is 1. The molecule has 1 atom stereocenters. The highest BCUT2D eigenvalue weighted by Crippen LogP contribution is 2.40. The molecule has 0 radical (unpaired) electrons. The van der Waals surface area contributed by atoms with E-state index in [2.05, 4.69) is 33.0 Å². The van der Waals surface area contributed by atoms with Gasteiger partial charge in [-0.1, -0.05) is 12.1 Å². The van der Waals surface area contributed by atoms with E-state index in [1.165, 1.54) is 18.4 Å². The van der Waals surface area contributed by atoms with E-state index in [0.29, 0.717) is 11.9 Å². The summed E-state index contributed by atoms with van der Waals surface area (Å²) in [5.74, 6) is 0.956. The Labute approximate surface area is 162 Å². The fourth-order valence-electron chi connectivity index (χ4n) is 3.48. The average molecular weight is 375 g/mol. The Morgan fingerprint density at radius 2 is 2.25 bits per heavy atom. The molecule has 142 valence electrons. The number of allylic oxidation sites excluding steroid dienone is 2. The molecule has 0 saturated heterocycles. The van der Waals surface area contributed by atoms with Gasteiger partial charge in [0, 0.05) is 23.6 Å². The molecule has 1 aliphatic carbocycles. The number of benzene rings is 1. The first kappa shape index (κ1) is 16.6. The fraction of sp³-hybridized carbons (Fsp3) is 0.250. The van der Waals surface area contributed by atoms with E-state index in [9.17, 15) is 4.79 Å². The van der Waals surface area contributed by atoms with Gasteiger partial charge in [-0.3, -0.25) is 19.9 Å². The number of hydrazine groups is 1. The van der Waals surface area contributed by atoms with Crippen molar-refractivity contribution in [2.75, 3.05) is 5.32 Å². The Kier molecular flexibility index (Phi) is 3.89. The minimum absolute atomic E-state index is 0.0979. The maximum absolute atomic E-state index is 12.4. The van der Waals surface area contributed by atoms with Crippen LogP contribution in [-0.2, 0) is 11.3 Å². The van der Waals surface area contributed by atoms with Gasteiger partial charge < -0.3 is 11.1 Å². The molecule has 0 spiro atoms. The second-order valence-electron chi connectivity index (χ2n) is 7.26. The quantitative estimate of drug-likeness (QED) is 0.739. The minimum Gasteiger partial charge on any atom is -0.368 e. The summed E-state index contributed by atoms with van der Waals surface area (Å²) >= 11 is 0. The van der Waals surface area contributed by atoms with Gasteiger partial charge >= 0.3 is 0 Å². The van der Waals surface area contributed by atoms with Crippen molar-refractivity contribution in [3.63, 3.8) is 0 Å². The first-order valence-electron chi connectivity index (χ1n) is 9.35. The van der Waals surface area contributed by atoms with E-state index < -0.39 is 0 Å². The van der Waals surface area contributed by atoms with Gasteiger partial charge in [0.1, 0.15) is 6.54 Å². The van der Waals surface area contributed by atoms with Crippen molar-refractivity contribution in [1.82, 2.24) is 20.2 Å². The van der Waals surface area contributed by atoms with E-state index in [4.69, 9.17) is 5.73 Å². The van der Waals surface area contributed by atoms with Gasteiger partial charge in [0.05, 0.1) is 6.20 Å². The summed E-state index contributed by atoms with van der Waals surface area (Å²) in [5, 5.41) is 9.11. The predicted octanol–water partition coefficient (Wildman–Crippen LogP) is 1.77. The van der Waals surface area contributed by atoms with Crippen molar-refractivity contribution in [1.29, 1.82) is 0 Å². The Morgan fingerprint density at radius 1 is 1.36 bits per heavy atom. The number of rotatable bonds is 5. The number of nitrogens with zero attached hydrogens (tertiary/aromatic N) is 4. The summed E-state index contributed by atoms with van der Waals surface area (Å²) in [5.41, 5.74) is 12.7. The Morgan fingerprint density at radius 3 is 3.11 bits per heavy atom. The third kappa shape index (κ3) is 3.36. The summed E-state index contributed by atoms with van der Waals surface area (Å²) in [6.45, 7) is 0.160. The third-order valence-electron chi connectivity index (χ3n) is 5.03. The fourth-order valence-corrected chi connectivity index (χ4v) is 3.48. The lowest BCUT2D eigenvalue weighted by Crippen LogP contribution is -2.39. The summed E-state index contributed by atoms with van der Waals surface area (Å²) < 4.78 is 1.64. The van der Waals surface area contributed by atoms with Crippen molar-refractivity contribution in [3.8, 4) is 0 Å². The number of aromatic nitrogens is 2. The highest BCUT2D eigenvalue weighted by atomic mass is 16.2. The lowest BCUT2D eigenvalue weighted by molar-refractivity contribution is -0.116. The molecule has 1 saturated carbocycles. The first-order valence-corrected chi connectivity index (χ1v) is 9.35. The molecule has 8 heteroatoms. The van der Waals surface area contributed by atoms with Gasteiger partial charge in [-0.05, 0) is 54.2 Å². The van der Waals surface area contributed by atoms with Crippen LogP contribution in [0.2, 0.25) is 0 Å². The number of carbonyl (C=O) groups is 1. The van der Waals surface area contributed by atoms with E-state index in [1.807, 2.05) is 41.7 Å². The zero-order valence-corrected chi connectivity index (χ0v) is 15.2. The number of guanidine groups is 1. The van der Waals surface area contributed by atoms with Crippen LogP contribution in [0.4, 0.5) is 5.69 Å². The minimum atomic E-state index is -0.162. The number of nitrogens with one attached hydrogen (secondary N) is 2. The highest BCUT2D eigenvalue weighted by Gasteiger charge is 2.24. The van der Waals surface area contributed by atoms with Crippen LogP contribution in [0, 0.1) is 0 Å². The largest absolute Gasteiger partial charge is 0.368 e. The molecule has 2 aliphatic heterocycles. The van der Waals surface area contributed by atoms with Gasteiger partial charge in [0.2, 0.25) is 11.9 Å². The number of hydrogen-bond acceptors (Lipinski definition) is 6. The molecule has 3 aliphatic rings. The molecule has 5 rings (SSSR count). The van der Waals surface area contributed by atoms with E-state index >= 15 is 0 Å². The van der Waals surface area contributed by atoms with Crippen molar-refractivity contribution >= 4 is 23.1 Å². The van der Waals surface area contributed by atoms with Crippen molar-refractivity contribution in [2.24, 2.45) is 10.7 Å². The van der Waals surface area contributed by atoms with E-state index in [0.717, 1.165) is 16.8 Å². The van der Waals surface area contributed by atoms with Crippen LogP contribution in [0.5, 0.6) is 0 Å². The van der Waals surface area contributed by atoms with Crippen molar-refractivity contribution < 1.29 is 4.79 Å². The van der Waals surface area contributed by atoms with Gasteiger partial charge in [-0.15, -0.1) is 0 Å². The van der Waals surface area contributed by atoms with Crippen LogP contribution in [0.25, 0.3) is 5.57 Å². The van der Waals surface area contributed by atoms with Gasteiger partial charge in [-0.25, -0.2) is 4.99 Å². The number of aliphatic imine (C=N–C) groups is 1. The number of hydrogen-bond donors (Lipinski definition) is 3. The van der Waals surface area contributed by atoms with Gasteiger partial charge in [0.25, 0.3) is 0 Å². The van der Waals surface area contributed by atoms with Gasteiger partial charge in [0.15, 0.2) is 6.17 Å². The van der Waals surface area contributed by atoms with Crippen molar-refractivity contribution in [3.05, 3.63) is 66.1 Å². The molecule has 0 bridgehead atoms. The molecule has 8 nitrogen and oxygen atoms in total. The topological polar surface area (TPSA) is 101 Å². The van der Waals surface area contributed by atoms with Crippen molar-refractivity contribution in [2.45, 2.75) is 31.5 Å². The van der Waals surface area contributed by atoms with Crippen LogP contribution >= 0.6 is 0 Å². The molecule has 28 heavy (non-hydrogen) atoms. The molecular weight excluding hydrogens is 354 g/mol. The molecule has 2 aromatic rings. The summed E-state index contributed by atoms with van der Waals surface area (Å²) in [7, 11) is 0. The van der Waals surface area contributed by atoms with Crippen LogP contribution in [0.1, 0.15) is 29.9 Å². The number of nitrogens with two attached hydrogens (primary N) is 1. The molecule has 1 fully saturated rings. The molecule has 1 unspecified atom stereocenters. The predicted molar refractivity (Wildman–Crippen MR) is 107 cm³/mol. The standard InChI is InChI=1S/C20H21N7O/c21-20-24-18-9-15(6-7-27(18)25-20)16-10-22-26(11-16)12-19(28)23-17-3-1-2-14(8-17)13-4-5-13/h1-3,6-11,13,18H,4-5,12H2,(H,23,28)(H3,21,24,25). The summed E-state index contributed by atoms with van der Waals surface area (Å²) in [6, 6.07) is 8.10. The Hall–Kier alpha value is -3.55. The molecule has 1 aromatic heterocycles. The van der Waals surface area contributed by atoms with Crippen LogP contribution < -0.4 is 16.5 Å². The maximum Gasteiger partial charge on any atom is 0.246 e. The smallest absolute Gasteiger partial charge is 0.246 e. The Bertz CT molecular complexity index is 1020. The van der Waals surface area contributed by atoms with Gasteiger partial charge in [-0.2, -0.15) is 5.10 Å².